The lowest BCUT2D eigenvalue weighted by Gasteiger charge is -2.17. The van der Waals surface area contributed by atoms with Gasteiger partial charge in [0.1, 0.15) is 11.8 Å². The summed E-state index contributed by atoms with van der Waals surface area (Å²) < 4.78 is 17.0. The van der Waals surface area contributed by atoms with Gasteiger partial charge in [-0.1, -0.05) is 48.5 Å². The number of para-hydroxylation sites is 1. The van der Waals surface area contributed by atoms with Crippen LogP contribution in [0.3, 0.4) is 0 Å². The molecule has 0 bridgehead atoms. The molecule has 31 heavy (non-hydrogen) atoms. The van der Waals surface area contributed by atoms with Crippen molar-refractivity contribution in [2.24, 2.45) is 4.99 Å². The van der Waals surface area contributed by atoms with Crippen molar-refractivity contribution in [1.29, 1.82) is 0 Å². The van der Waals surface area contributed by atoms with Crippen molar-refractivity contribution in [2.75, 3.05) is 26.1 Å². The van der Waals surface area contributed by atoms with Gasteiger partial charge in [0.15, 0.2) is 6.10 Å². The Hall–Kier alpha value is -3.57. The van der Waals surface area contributed by atoms with Crippen LogP contribution >= 0.6 is 0 Å². The molecule has 0 fully saturated rings. The van der Waals surface area contributed by atoms with E-state index < -0.39 is 0 Å². The smallest absolute Gasteiger partial charge is 0.211 e. The van der Waals surface area contributed by atoms with Crippen molar-refractivity contribution in [1.82, 2.24) is 0 Å². The molecule has 158 valence electrons. The number of benzene rings is 3. The molecule has 0 saturated heterocycles. The monoisotopic (exact) mass is 414 g/mol. The minimum absolute atomic E-state index is 0.104. The van der Waals surface area contributed by atoms with Crippen LogP contribution in [-0.2, 0) is 9.47 Å². The zero-order chi connectivity index (χ0) is 21.5. The van der Waals surface area contributed by atoms with E-state index in [-0.39, 0.29) is 12.1 Å². The van der Waals surface area contributed by atoms with Gasteiger partial charge in [-0.3, -0.25) is 0 Å². The van der Waals surface area contributed by atoms with E-state index in [1.54, 1.807) is 14.2 Å². The SMILES string of the molecule is COC[C@@H]1N=C(/C=C(\Nc2ccccc2)c2ccc(OC)cc2)O[C@H]1c1ccccc1. The van der Waals surface area contributed by atoms with Crippen molar-refractivity contribution in [2.45, 2.75) is 12.1 Å². The Morgan fingerprint density at radius 1 is 0.935 bits per heavy atom. The minimum Gasteiger partial charge on any atom is -0.497 e. The average molecular weight is 415 g/mol. The van der Waals surface area contributed by atoms with Gasteiger partial charge in [0, 0.05) is 18.9 Å². The molecule has 0 amide bonds. The normalized spacial score (nSPS) is 18.3. The van der Waals surface area contributed by atoms with E-state index in [2.05, 4.69) is 17.4 Å². The molecule has 1 heterocycles. The van der Waals surface area contributed by atoms with E-state index in [0.29, 0.717) is 12.5 Å². The number of anilines is 1. The number of hydrogen-bond donors (Lipinski definition) is 1. The third-order valence-electron chi connectivity index (χ3n) is 5.08. The van der Waals surface area contributed by atoms with Crippen LogP contribution in [0.25, 0.3) is 5.70 Å². The molecular weight excluding hydrogens is 388 g/mol. The quantitative estimate of drug-likeness (QED) is 0.541. The van der Waals surface area contributed by atoms with Crippen LogP contribution in [0.2, 0.25) is 0 Å². The van der Waals surface area contributed by atoms with Gasteiger partial charge < -0.3 is 19.5 Å². The number of aliphatic imine (C=N–C) groups is 1. The molecule has 0 saturated carbocycles. The Kier molecular flexibility index (Phi) is 6.65. The molecule has 1 N–H and O–H groups in total. The first-order chi connectivity index (χ1) is 15.3. The third kappa shape index (κ3) is 5.13. The van der Waals surface area contributed by atoms with Crippen molar-refractivity contribution in [3.63, 3.8) is 0 Å². The lowest BCUT2D eigenvalue weighted by atomic mass is 10.0. The maximum absolute atomic E-state index is 6.28. The van der Waals surface area contributed by atoms with Gasteiger partial charge >= 0.3 is 0 Å². The molecule has 3 aromatic carbocycles. The van der Waals surface area contributed by atoms with Gasteiger partial charge in [-0.2, -0.15) is 0 Å². The second-order valence-corrected chi connectivity index (χ2v) is 7.22. The predicted octanol–water partition coefficient (Wildman–Crippen LogP) is 5.33. The first-order valence-corrected chi connectivity index (χ1v) is 10.2. The zero-order valence-corrected chi connectivity index (χ0v) is 17.7. The van der Waals surface area contributed by atoms with E-state index >= 15 is 0 Å². The summed E-state index contributed by atoms with van der Waals surface area (Å²) in [6.45, 7) is 0.487. The fourth-order valence-electron chi connectivity index (χ4n) is 3.53. The lowest BCUT2D eigenvalue weighted by molar-refractivity contribution is 0.120. The van der Waals surface area contributed by atoms with Crippen molar-refractivity contribution < 1.29 is 14.2 Å². The van der Waals surface area contributed by atoms with E-state index in [4.69, 9.17) is 19.2 Å². The largest absolute Gasteiger partial charge is 0.497 e. The highest BCUT2D eigenvalue weighted by molar-refractivity contribution is 5.98. The topological polar surface area (TPSA) is 52.1 Å². The molecule has 0 spiro atoms. The van der Waals surface area contributed by atoms with Gasteiger partial charge in [0.25, 0.3) is 0 Å². The average Bonchev–Trinajstić information content (AvgIpc) is 3.22. The van der Waals surface area contributed by atoms with E-state index in [1.807, 2.05) is 78.9 Å². The molecule has 5 nitrogen and oxygen atoms in total. The van der Waals surface area contributed by atoms with Gasteiger partial charge in [-0.15, -0.1) is 0 Å². The number of nitrogens with zero attached hydrogens (tertiary/aromatic N) is 1. The summed E-state index contributed by atoms with van der Waals surface area (Å²) in [5.74, 6) is 1.38. The molecule has 1 aliphatic rings. The van der Waals surface area contributed by atoms with Crippen molar-refractivity contribution in [3.05, 3.63) is 102 Å². The fraction of sp³-hybridized carbons (Fsp3) is 0.192. The van der Waals surface area contributed by atoms with E-state index in [9.17, 15) is 0 Å². The number of ether oxygens (including phenoxy) is 3. The number of methoxy groups -OCH3 is 2. The summed E-state index contributed by atoms with van der Waals surface area (Å²) >= 11 is 0. The standard InChI is InChI=1S/C26H26N2O3/c1-29-18-24-26(20-9-5-3-6-10-20)31-25(28-24)17-23(27-21-11-7-4-8-12-21)19-13-15-22(30-2)16-14-19/h3-17,24,26-27H,18H2,1-2H3/b23-17-/t24-,26-/m0/s1. The molecule has 0 unspecified atom stereocenters. The summed E-state index contributed by atoms with van der Waals surface area (Å²) in [5, 5.41) is 3.49. The van der Waals surface area contributed by atoms with Crippen molar-refractivity contribution >= 4 is 17.3 Å². The molecule has 2 atom stereocenters. The van der Waals surface area contributed by atoms with Crippen molar-refractivity contribution in [3.8, 4) is 5.75 Å². The number of hydrogen-bond acceptors (Lipinski definition) is 5. The fourth-order valence-corrected chi connectivity index (χ4v) is 3.53. The summed E-state index contributed by atoms with van der Waals surface area (Å²) in [6, 6.07) is 28.0. The van der Waals surface area contributed by atoms with Crippen LogP contribution in [0.15, 0.2) is 96.0 Å². The summed E-state index contributed by atoms with van der Waals surface area (Å²) in [6.07, 6.45) is 1.77. The Balaban J connectivity index is 1.66. The van der Waals surface area contributed by atoms with Gasteiger partial charge in [0.05, 0.1) is 19.4 Å². The zero-order valence-electron chi connectivity index (χ0n) is 17.7. The van der Waals surface area contributed by atoms with E-state index in [0.717, 1.165) is 28.3 Å². The van der Waals surface area contributed by atoms with Crippen LogP contribution in [0.5, 0.6) is 5.75 Å². The molecule has 1 aliphatic heterocycles. The molecule has 0 aromatic heterocycles. The molecule has 4 rings (SSSR count). The van der Waals surface area contributed by atoms with Gasteiger partial charge in [0.2, 0.25) is 5.90 Å². The van der Waals surface area contributed by atoms with Crippen LogP contribution in [-0.4, -0.2) is 32.8 Å². The second-order valence-electron chi connectivity index (χ2n) is 7.22. The second kappa shape index (κ2) is 9.96. The highest BCUT2D eigenvalue weighted by Gasteiger charge is 2.31. The first-order valence-electron chi connectivity index (χ1n) is 10.2. The predicted molar refractivity (Wildman–Crippen MR) is 124 cm³/mol. The Bertz CT molecular complexity index is 1030. The van der Waals surface area contributed by atoms with Crippen LogP contribution in [0.4, 0.5) is 5.69 Å². The van der Waals surface area contributed by atoms with E-state index in [1.165, 1.54) is 0 Å². The molecular formula is C26H26N2O3. The molecule has 3 aromatic rings. The lowest BCUT2D eigenvalue weighted by Crippen LogP contribution is -2.19. The Morgan fingerprint density at radius 3 is 2.26 bits per heavy atom. The molecule has 0 radical (unpaired) electrons. The summed E-state index contributed by atoms with van der Waals surface area (Å²) in [5.41, 5.74) is 3.95. The van der Waals surface area contributed by atoms with Gasteiger partial charge in [-0.25, -0.2) is 4.99 Å². The highest BCUT2D eigenvalue weighted by atomic mass is 16.5. The van der Waals surface area contributed by atoms with Gasteiger partial charge in [-0.05, 0) is 47.5 Å². The van der Waals surface area contributed by atoms with Crippen LogP contribution in [0.1, 0.15) is 17.2 Å². The highest BCUT2D eigenvalue weighted by Crippen LogP contribution is 2.31. The Morgan fingerprint density at radius 2 is 1.61 bits per heavy atom. The maximum atomic E-state index is 6.28. The third-order valence-corrected chi connectivity index (χ3v) is 5.08. The Labute approximate surface area is 183 Å². The number of rotatable bonds is 8. The maximum Gasteiger partial charge on any atom is 0.211 e. The molecule has 0 aliphatic carbocycles. The first kappa shape index (κ1) is 20.7. The minimum atomic E-state index is -0.179. The summed E-state index contributed by atoms with van der Waals surface area (Å²) in [4.78, 5) is 4.80. The number of nitrogens with one attached hydrogen (secondary N) is 1. The van der Waals surface area contributed by atoms with Crippen LogP contribution in [0, 0.1) is 0 Å². The molecule has 5 heteroatoms. The van der Waals surface area contributed by atoms with Crippen LogP contribution < -0.4 is 10.1 Å². The summed E-state index contributed by atoms with van der Waals surface area (Å²) in [7, 11) is 3.35.